The van der Waals surface area contributed by atoms with E-state index in [9.17, 15) is 14.3 Å². The summed E-state index contributed by atoms with van der Waals surface area (Å²) < 4.78 is 47.2. The molecule has 0 amide bonds. The number of hydrogen-bond acceptors (Lipinski definition) is 4. The molecule has 5 nitrogen and oxygen atoms in total. The number of carboxylic acids is 1. The number of halogens is 2. The van der Waals surface area contributed by atoms with Crippen molar-refractivity contribution in [1.82, 2.24) is 0 Å². The summed E-state index contributed by atoms with van der Waals surface area (Å²) in [6.07, 6.45) is 3.29. The first-order valence-corrected chi connectivity index (χ1v) is 13.7. The van der Waals surface area contributed by atoms with Crippen molar-refractivity contribution in [2.45, 2.75) is 58.5 Å². The summed E-state index contributed by atoms with van der Waals surface area (Å²) in [5.74, 6) is -1.07. The van der Waals surface area contributed by atoms with E-state index in [4.69, 9.17) is 14.2 Å². The first-order chi connectivity index (χ1) is 19.1. The lowest BCUT2D eigenvalue weighted by Crippen LogP contribution is -2.22. The number of aliphatic carboxylic acids is 1. The van der Waals surface area contributed by atoms with Crippen molar-refractivity contribution >= 4 is 5.97 Å². The van der Waals surface area contributed by atoms with Crippen LogP contribution in [0.15, 0.2) is 54.6 Å². The number of ether oxygens (including phenoxy) is 3. The van der Waals surface area contributed by atoms with Gasteiger partial charge in [0.05, 0.1) is 20.1 Å². The van der Waals surface area contributed by atoms with E-state index in [1.54, 1.807) is 44.6 Å². The Hall–Kier alpha value is -3.45. The molecule has 0 heterocycles. The second-order valence-electron chi connectivity index (χ2n) is 11.5. The minimum absolute atomic E-state index is 0.0906. The maximum Gasteiger partial charge on any atom is 0.303 e. The molecule has 1 N–H and O–H groups in total. The van der Waals surface area contributed by atoms with Crippen molar-refractivity contribution < 1.29 is 32.9 Å². The van der Waals surface area contributed by atoms with E-state index in [1.165, 1.54) is 6.07 Å². The van der Waals surface area contributed by atoms with Crippen LogP contribution in [0.2, 0.25) is 0 Å². The highest BCUT2D eigenvalue weighted by molar-refractivity contribution is 5.70. The van der Waals surface area contributed by atoms with E-state index in [0.29, 0.717) is 42.2 Å². The molecule has 4 rings (SSSR count). The van der Waals surface area contributed by atoms with E-state index >= 15 is 4.39 Å². The van der Waals surface area contributed by atoms with E-state index in [0.717, 1.165) is 29.5 Å². The molecule has 1 saturated carbocycles. The zero-order chi connectivity index (χ0) is 28.9. The molecule has 40 heavy (non-hydrogen) atoms. The zero-order valence-corrected chi connectivity index (χ0v) is 23.6. The number of rotatable bonds is 14. The standard InChI is InChI=1S/C33H38F2O5/c1-33(2,20-38-3)18-24-15-22(10-12-26(24)28-17-25(39-4)11-13-29(28)34)19-40-30-7-5-6-27(32(30)35)23(16-31(36)37)14-21-8-9-21/h5-7,10-13,15,17,21,23H,8-9,14,16,18-20H2,1-4H3,(H,36,37)/t23-/m0/s1. The third-order valence-electron chi connectivity index (χ3n) is 7.40. The largest absolute Gasteiger partial charge is 0.497 e. The average molecular weight is 553 g/mol. The van der Waals surface area contributed by atoms with Gasteiger partial charge < -0.3 is 19.3 Å². The normalized spacial score (nSPS) is 14.2. The van der Waals surface area contributed by atoms with Crippen LogP contribution in [-0.2, 0) is 22.6 Å². The van der Waals surface area contributed by atoms with Gasteiger partial charge in [0.2, 0.25) is 0 Å². The number of carboxylic acid groups (broad SMARTS) is 1. The van der Waals surface area contributed by atoms with Gasteiger partial charge >= 0.3 is 5.97 Å². The van der Waals surface area contributed by atoms with Crippen molar-refractivity contribution in [3.63, 3.8) is 0 Å². The fraction of sp³-hybridized carbons (Fsp3) is 0.424. The van der Waals surface area contributed by atoms with Crippen LogP contribution in [0, 0.1) is 23.0 Å². The highest BCUT2D eigenvalue weighted by Gasteiger charge is 2.30. The van der Waals surface area contributed by atoms with Gasteiger partial charge in [-0.15, -0.1) is 0 Å². The highest BCUT2D eigenvalue weighted by Crippen LogP contribution is 2.42. The molecule has 3 aromatic carbocycles. The minimum atomic E-state index is -0.937. The Morgan fingerprint density at radius 3 is 2.50 bits per heavy atom. The first kappa shape index (κ1) is 29.5. The van der Waals surface area contributed by atoms with Gasteiger partial charge in [0, 0.05) is 12.7 Å². The molecule has 1 fully saturated rings. The third kappa shape index (κ3) is 7.60. The summed E-state index contributed by atoms with van der Waals surface area (Å²) in [4.78, 5) is 11.5. The summed E-state index contributed by atoms with van der Waals surface area (Å²) >= 11 is 0. The Morgan fingerprint density at radius 1 is 1.05 bits per heavy atom. The first-order valence-electron chi connectivity index (χ1n) is 13.7. The summed E-state index contributed by atoms with van der Waals surface area (Å²) in [5.41, 5.74) is 3.07. The van der Waals surface area contributed by atoms with Crippen LogP contribution in [0.3, 0.4) is 0 Å². The topological polar surface area (TPSA) is 65.0 Å². The van der Waals surface area contributed by atoms with Crippen molar-refractivity contribution in [2.24, 2.45) is 11.3 Å². The molecule has 1 aliphatic rings. The predicted octanol–water partition coefficient (Wildman–Crippen LogP) is 7.79. The third-order valence-corrected chi connectivity index (χ3v) is 7.40. The SMILES string of the molecule is COCC(C)(C)Cc1cc(COc2cccc([C@H](CC(=O)O)CC3CC3)c2F)ccc1-c1cc(OC)ccc1F. The highest BCUT2D eigenvalue weighted by atomic mass is 19.1. The molecule has 0 aliphatic heterocycles. The van der Waals surface area contributed by atoms with Crippen LogP contribution >= 0.6 is 0 Å². The molecule has 0 radical (unpaired) electrons. The van der Waals surface area contributed by atoms with Gasteiger partial charge in [-0.05, 0) is 76.6 Å². The van der Waals surface area contributed by atoms with Gasteiger partial charge in [0.25, 0.3) is 0 Å². The number of hydrogen-bond donors (Lipinski definition) is 1. The van der Waals surface area contributed by atoms with Crippen LogP contribution in [0.4, 0.5) is 8.78 Å². The van der Waals surface area contributed by atoms with E-state index in [1.807, 2.05) is 18.2 Å². The predicted molar refractivity (Wildman–Crippen MR) is 151 cm³/mol. The molecule has 7 heteroatoms. The van der Waals surface area contributed by atoms with Crippen molar-refractivity contribution in [1.29, 1.82) is 0 Å². The Balaban J connectivity index is 1.62. The summed E-state index contributed by atoms with van der Waals surface area (Å²) in [7, 11) is 3.20. The summed E-state index contributed by atoms with van der Waals surface area (Å²) in [6, 6.07) is 15.3. The van der Waals surface area contributed by atoms with Crippen LogP contribution in [-0.4, -0.2) is 31.9 Å². The van der Waals surface area contributed by atoms with Gasteiger partial charge in [-0.3, -0.25) is 4.79 Å². The fourth-order valence-corrected chi connectivity index (χ4v) is 5.34. The molecule has 3 aromatic rings. The molecule has 0 bridgehead atoms. The molecule has 1 aliphatic carbocycles. The van der Waals surface area contributed by atoms with E-state index in [2.05, 4.69) is 13.8 Å². The lowest BCUT2D eigenvalue weighted by atomic mass is 9.83. The van der Waals surface area contributed by atoms with Gasteiger partial charge in [0.15, 0.2) is 11.6 Å². The molecule has 1 atom stereocenters. The second kappa shape index (κ2) is 12.8. The number of carbonyl (C=O) groups is 1. The molecule has 0 saturated heterocycles. The van der Waals surface area contributed by atoms with Crippen molar-refractivity contribution in [2.75, 3.05) is 20.8 Å². The van der Waals surface area contributed by atoms with E-state index < -0.39 is 11.8 Å². The quantitative estimate of drug-likeness (QED) is 0.221. The summed E-state index contributed by atoms with van der Waals surface area (Å²) in [6.45, 7) is 4.79. The second-order valence-corrected chi connectivity index (χ2v) is 11.5. The molecule has 0 spiro atoms. The Kier molecular flexibility index (Phi) is 9.46. The maximum atomic E-state index is 15.5. The van der Waals surface area contributed by atoms with Gasteiger partial charge in [0.1, 0.15) is 18.2 Å². The fourth-order valence-electron chi connectivity index (χ4n) is 5.34. The average Bonchev–Trinajstić information content (AvgIpc) is 3.72. The Labute approximate surface area is 235 Å². The maximum absolute atomic E-state index is 15.5. The van der Waals surface area contributed by atoms with Gasteiger partial charge in [-0.2, -0.15) is 0 Å². The molecular weight excluding hydrogens is 514 g/mol. The monoisotopic (exact) mass is 552 g/mol. The van der Waals surface area contributed by atoms with Crippen LogP contribution in [0.5, 0.6) is 11.5 Å². The van der Waals surface area contributed by atoms with Crippen molar-refractivity contribution in [3.8, 4) is 22.6 Å². The van der Waals surface area contributed by atoms with Gasteiger partial charge in [-0.1, -0.05) is 57.0 Å². The minimum Gasteiger partial charge on any atom is -0.497 e. The molecule has 0 aromatic heterocycles. The lowest BCUT2D eigenvalue weighted by molar-refractivity contribution is -0.137. The Morgan fingerprint density at radius 2 is 1.82 bits per heavy atom. The van der Waals surface area contributed by atoms with E-state index in [-0.39, 0.29) is 35.9 Å². The molecular formula is C33H38F2O5. The van der Waals surface area contributed by atoms with Crippen LogP contribution in [0.1, 0.15) is 62.1 Å². The van der Waals surface area contributed by atoms with Crippen molar-refractivity contribution in [3.05, 3.63) is 82.9 Å². The summed E-state index contributed by atoms with van der Waals surface area (Å²) in [5, 5.41) is 9.39. The van der Waals surface area contributed by atoms with Crippen LogP contribution in [0.25, 0.3) is 11.1 Å². The molecule has 0 unspecified atom stereocenters. The Bertz CT molecular complexity index is 1330. The lowest BCUT2D eigenvalue weighted by Gasteiger charge is -2.26. The van der Waals surface area contributed by atoms with Gasteiger partial charge in [-0.25, -0.2) is 8.78 Å². The number of methoxy groups -OCH3 is 2. The molecule has 214 valence electrons. The number of benzene rings is 3. The van der Waals surface area contributed by atoms with Crippen LogP contribution < -0.4 is 9.47 Å². The zero-order valence-electron chi connectivity index (χ0n) is 23.6. The smallest absolute Gasteiger partial charge is 0.303 e.